The molecule has 0 aliphatic carbocycles. The molecular weight excluding hydrogens is 446 g/mol. The van der Waals surface area contributed by atoms with Crippen molar-refractivity contribution in [1.82, 2.24) is 5.32 Å². The van der Waals surface area contributed by atoms with Gasteiger partial charge < -0.3 is 45.1 Å². The average Bonchev–Trinajstić information content (AvgIpc) is 2.78. The van der Waals surface area contributed by atoms with E-state index < -0.39 is 36.3 Å². The van der Waals surface area contributed by atoms with Crippen molar-refractivity contribution in [3.8, 4) is 17.2 Å². The summed E-state index contributed by atoms with van der Waals surface area (Å²) in [6.45, 7) is 4.03. The van der Waals surface area contributed by atoms with E-state index in [-0.39, 0.29) is 41.1 Å². The molecule has 10 nitrogen and oxygen atoms in total. The van der Waals surface area contributed by atoms with Crippen LogP contribution in [0.4, 0.5) is 0 Å². The lowest BCUT2D eigenvalue weighted by Gasteiger charge is -2.48. The van der Waals surface area contributed by atoms with Gasteiger partial charge >= 0.3 is 0 Å². The van der Waals surface area contributed by atoms with Gasteiger partial charge in [-0.1, -0.05) is 6.07 Å². The number of aromatic hydroxyl groups is 1. The number of carbonyl (C=O) groups excluding carboxylic acids is 1. The van der Waals surface area contributed by atoms with Crippen molar-refractivity contribution < 1.29 is 44.5 Å². The molecule has 0 amide bonds. The van der Waals surface area contributed by atoms with Crippen LogP contribution in [0.1, 0.15) is 35.7 Å². The highest BCUT2D eigenvalue weighted by atomic mass is 16.7. The largest absolute Gasteiger partial charge is 0.506 e. The van der Waals surface area contributed by atoms with Crippen LogP contribution in [-0.2, 0) is 4.74 Å². The predicted octanol–water partition coefficient (Wildman–Crippen LogP) is 0.366. The van der Waals surface area contributed by atoms with E-state index >= 15 is 0 Å². The first-order valence-corrected chi connectivity index (χ1v) is 11.2. The fraction of sp³-hybridized carbons (Fsp3) is 0.542. The zero-order chi connectivity index (χ0) is 24.8. The van der Waals surface area contributed by atoms with E-state index in [9.17, 15) is 30.3 Å². The number of benzene rings is 2. The molecule has 2 fully saturated rings. The fourth-order valence-corrected chi connectivity index (χ4v) is 4.91. The summed E-state index contributed by atoms with van der Waals surface area (Å²) in [5, 5.41) is 57.6. The summed E-state index contributed by atoms with van der Waals surface area (Å²) in [5.74, 6) is -0.201. The number of aliphatic hydroxyl groups is 4. The second-order valence-electron chi connectivity index (χ2n) is 9.07. The number of Topliss-reactive ketones (excluding diaryl/α,β-unsaturated/α-hetero) is 1. The summed E-state index contributed by atoms with van der Waals surface area (Å²) in [4.78, 5) is 12.2. The maximum atomic E-state index is 12.2. The molecule has 0 aromatic heterocycles. The molecule has 0 unspecified atom stereocenters. The van der Waals surface area contributed by atoms with E-state index in [1.165, 1.54) is 20.1 Å². The molecule has 34 heavy (non-hydrogen) atoms. The Hall–Kier alpha value is -2.47. The molecule has 10 heteroatoms. The monoisotopic (exact) mass is 477 g/mol. The van der Waals surface area contributed by atoms with Gasteiger partial charge in [0, 0.05) is 6.07 Å². The number of piperidine rings is 1. The van der Waals surface area contributed by atoms with Crippen molar-refractivity contribution in [2.24, 2.45) is 0 Å². The summed E-state index contributed by atoms with van der Waals surface area (Å²) < 4.78 is 17.1. The number of aryl methyl sites for hydroxylation is 1. The molecule has 2 aliphatic rings. The Morgan fingerprint density at radius 1 is 1.12 bits per heavy atom. The number of hydrogen-bond acceptors (Lipinski definition) is 10. The van der Waals surface area contributed by atoms with Crippen LogP contribution in [-0.4, -0.2) is 87.8 Å². The van der Waals surface area contributed by atoms with E-state index in [4.69, 9.17) is 14.2 Å². The standard InChI is InChI=1S/C24H31NO9/c1-11-8-13-9-14(32-3)10-15(17(13)18(27)16(11)12(2)26)33-23-21(30)19(28)20(29)22(34-23)24(31)4-6-25-7-5-24/h8-10,19-23,25,27-31H,4-7H2,1-3H3/t19-,20-,21+,22-,23-/m0/s1. The van der Waals surface area contributed by atoms with Crippen LogP contribution >= 0.6 is 0 Å². The Bertz CT molecular complexity index is 1080. The van der Waals surface area contributed by atoms with Crippen LogP contribution in [0, 0.1) is 6.92 Å². The van der Waals surface area contributed by atoms with Crippen LogP contribution in [0.25, 0.3) is 10.8 Å². The number of phenolic OH excluding ortho intramolecular Hbond substituents is 1. The number of nitrogens with one attached hydrogen (secondary N) is 1. The van der Waals surface area contributed by atoms with Crippen molar-refractivity contribution in [2.45, 2.75) is 63.0 Å². The first-order valence-electron chi connectivity index (χ1n) is 11.2. The molecule has 2 aromatic rings. The van der Waals surface area contributed by atoms with Crippen molar-refractivity contribution >= 4 is 16.6 Å². The van der Waals surface area contributed by atoms with Gasteiger partial charge in [-0.15, -0.1) is 0 Å². The van der Waals surface area contributed by atoms with Crippen LogP contribution < -0.4 is 14.8 Å². The number of fused-ring (bicyclic) bond motifs is 1. The molecule has 4 rings (SSSR count). The van der Waals surface area contributed by atoms with E-state index in [2.05, 4.69) is 5.32 Å². The SMILES string of the molecule is COc1cc(O[C@H]2O[C@H](C3(O)CCNCC3)[C@@H](O)[C@H](O)[C@H]2O)c2c(O)c(C(C)=O)c(C)cc2c1. The smallest absolute Gasteiger partial charge is 0.229 e. The second-order valence-corrected chi connectivity index (χ2v) is 9.07. The van der Waals surface area contributed by atoms with Gasteiger partial charge in [-0.2, -0.15) is 0 Å². The summed E-state index contributed by atoms with van der Waals surface area (Å²) >= 11 is 0. The quantitative estimate of drug-likeness (QED) is 0.332. The lowest BCUT2D eigenvalue weighted by Crippen LogP contribution is -2.67. The van der Waals surface area contributed by atoms with Gasteiger partial charge in [0.05, 0.1) is 23.7 Å². The molecule has 2 saturated heterocycles. The Morgan fingerprint density at radius 3 is 2.41 bits per heavy atom. The lowest BCUT2D eigenvalue weighted by atomic mass is 9.80. The number of rotatable bonds is 5. The van der Waals surface area contributed by atoms with Crippen molar-refractivity contribution in [2.75, 3.05) is 20.2 Å². The number of hydrogen-bond donors (Lipinski definition) is 6. The average molecular weight is 478 g/mol. The number of aliphatic hydroxyl groups excluding tert-OH is 3. The highest BCUT2D eigenvalue weighted by Crippen LogP contribution is 2.42. The van der Waals surface area contributed by atoms with Gasteiger partial charge in [-0.25, -0.2) is 0 Å². The van der Waals surface area contributed by atoms with Gasteiger partial charge in [0.1, 0.15) is 41.7 Å². The van der Waals surface area contributed by atoms with Gasteiger partial charge in [0.15, 0.2) is 5.78 Å². The zero-order valence-electron chi connectivity index (χ0n) is 19.3. The minimum Gasteiger partial charge on any atom is -0.506 e. The van der Waals surface area contributed by atoms with Gasteiger partial charge in [0.2, 0.25) is 6.29 Å². The predicted molar refractivity (Wildman–Crippen MR) is 121 cm³/mol. The lowest BCUT2D eigenvalue weighted by molar-refractivity contribution is -0.307. The normalized spacial score (nSPS) is 29.1. The Labute approximate surface area is 196 Å². The third-order valence-electron chi connectivity index (χ3n) is 6.75. The molecule has 5 atom stereocenters. The maximum Gasteiger partial charge on any atom is 0.229 e. The molecule has 0 spiro atoms. The van der Waals surface area contributed by atoms with Crippen LogP contribution in [0.15, 0.2) is 18.2 Å². The number of ether oxygens (including phenoxy) is 3. The molecule has 6 N–H and O–H groups in total. The summed E-state index contributed by atoms with van der Waals surface area (Å²) in [7, 11) is 1.45. The zero-order valence-corrected chi connectivity index (χ0v) is 19.3. The minimum atomic E-state index is -1.65. The molecule has 2 heterocycles. The topological polar surface area (TPSA) is 158 Å². The molecule has 0 bridgehead atoms. The summed E-state index contributed by atoms with van der Waals surface area (Å²) in [5.41, 5.74) is -0.743. The molecule has 186 valence electrons. The Kier molecular flexibility index (Phi) is 6.74. The molecule has 2 aromatic carbocycles. The number of carbonyl (C=O) groups is 1. The third kappa shape index (κ3) is 4.21. The van der Waals surface area contributed by atoms with Crippen LogP contribution in [0.3, 0.4) is 0 Å². The van der Waals surface area contributed by atoms with E-state index in [0.717, 1.165) is 0 Å². The fourth-order valence-electron chi connectivity index (χ4n) is 4.91. The Morgan fingerprint density at radius 2 is 1.79 bits per heavy atom. The van der Waals surface area contributed by atoms with E-state index in [0.29, 0.717) is 29.8 Å². The summed E-state index contributed by atoms with van der Waals surface area (Å²) in [6.07, 6.45) is -7.01. The van der Waals surface area contributed by atoms with Crippen LogP contribution in [0.5, 0.6) is 17.2 Å². The van der Waals surface area contributed by atoms with Crippen molar-refractivity contribution in [3.05, 3.63) is 29.3 Å². The first kappa shape index (κ1) is 24.6. The van der Waals surface area contributed by atoms with Crippen LogP contribution in [0.2, 0.25) is 0 Å². The molecular formula is C24H31NO9. The second kappa shape index (κ2) is 9.29. The van der Waals surface area contributed by atoms with Gasteiger partial charge in [0.25, 0.3) is 0 Å². The molecule has 0 saturated carbocycles. The highest BCUT2D eigenvalue weighted by Gasteiger charge is 2.53. The van der Waals surface area contributed by atoms with Crippen molar-refractivity contribution in [3.63, 3.8) is 0 Å². The number of ketones is 1. The summed E-state index contributed by atoms with van der Waals surface area (Å²) in [6, 6.07) is 4.83. The number of phenols is 1. The maximum absolute atomic E-state index is 12.2. The first-order chi connectivity index (χ1) is 16.1. The van der Waals surface area contributed by atoms with Gasteiger partial charge in [-0.3, -0.25) is 4.79 Å². The highest BCUT2D eigenvalue weighted by molar-refractivity contribution is 6.07. The van der Waals surface area contributed by atoms with E-state index in [1.54, 1.807) is 19.1 Å². The molecule has 2 aliphatic heterocycles. The Balaban J connectivity index is 1.77. The van der Waals surface area contributed by atoms with E-state index in [1.807, 2.05) is 0 Å². The minimum absolute atomic E-state index is 0.0399. The number of methoxy groups -OCH3 is 1. The third-order valence-corrected chi connectivity index (χ3v) is 6.75. The van der Waals surface area contributed by atoms with Crippen molar-refractivity contribution in [1.29, 1.82) is 0 Å². The molecule has 0 radical (unpaired) electrons. The van der Waals surface area contributed by atoms with Gasteiger partial charge in [-0.05, 0) is 56.8 Å².